The third-order valence-corrected chi connectivity index (χ3v) is 4.63. The zero-order chi connectivity index (χ0) is 17.8. The van der Waals surface area contributed by atoms with Gasteiger partial charge in [0, 0.05) is 12.8 Å². The number of hydrogen-bond acceptors (Lipinski definition) is 3. The van der Waals surface area contributed by atoms with Crippen LogP contribution in [0.3, 0.4) is 0 Å². The minimum Gasteiger partial charge on any atom is -0.463 e. The van der Waals surface area contributed by atoms with Crippen LogP contribution in [0, 0.1) is 0 Å². The van der Waals surface area contributed by atoms with Gasteiger partial charge in [0.2, 0.25) is 5.91 Å². The predicted molar refractivity (Wildman–Crippen MR) is 101 cm³/mol. The van der Waals surface area contributed by atoms with E-state index in [9.17, 15) is 4.79 Å². The fourth-order valence-corrected chi connectivity index (χ4v) is 3.28. The highest BCUT2D eigenvalue weighted by molar-refractivity contribution is 6.01. The maximum Gasteiger partial charge on any atom is 0.243 e. The number of carbonyl (C=O) groups is 1. The summed E-state index contributed by atoms with van der Waals surface area (Å²) in [6, 6.07) is 23.8. The second kappa shape index (κ2) is 7.40. The Balaban J connectivity index is 1.55. The molecule has 4 nitrogen and oxygen atoms in total. The molecular formula is C22H20N2O2. The van der Waals surface area contributed by atoms with Crippen LogP contribution in [0.5, 0.6) is 0 Å². The lowest BCUT2D eigenvalue weighted by Gasteiger charge is -2.22. The van der Waals surface area contributed by atoms with Crippen LogP contribution in [0.15, 0.2) is 88.6 Å². The number of rotatable bonds is 5. The van der Waals surface area contributed by atoms with Crippen molar-refractivity contribution in [1.29, 1.82) is 0 Å². The number of aryl methyl sites for hydroxylation is 1. The summed E-state index contributed by atoms with van der Waals surface area (Å²) >= 11 is 0. The molecule has 2 heterocycles. The Bertz CT molecular complexity index is 886. The molecule has 0 bridgehead atoms. The van der Waals surface area contributed by atoms with Crippen LogP contribution in [0.4, 0.5) is 0 Å². The third-order valence-electron chi connectivity index (χ3n) is 4.63. The minimum absolute atomic E-state index is 0.0317. The monoisotopic (exact) mass is 344 g/mol. The fraction of sp³-hybridized carbons (Fsp3) is 0.182. The highest BCUT2D eigenvalue weighted by Crippen LogP contribution is 2.33. The van der Waals surface area contributed by atoms with Crippen LogP contribution in [0.2, 0.25) is 0 Å². The van der Waals surface area contributed by atoms with Crippen molar-refractivity contribution in [2.24, 2.45) is 5.10 Å². The van der Waals surface area contributed by atoms with Gasteiger partial charge in [-0.25, -0.2) is 5.01 Å². The lowest BCUT2D eigenvalue weighted by molar-refractivity contribution is -0.133. The molecule has 1 atom stereocenters. The molecule has 0 fully saturated rings. The molecule has 130 valence electrons. The maximum atomic E-state index is 12.9. The zero-order valence-electron chi connectivity index (χ0n) is 14.4. The number of benzene rings is 2. The number of amides is 1. The first-order valence-corrected chi connectivity index (χ1v) is 8.83. The van der Waals surface area contributed by atoms with Crippen LogP contribution in [-0.2, 0) is 11.2 Å². The number of hydrazone groups is 1. The van der Waals surface area contributed by atoms with Crippen LogP contribution in [-0.4, -0.2) is 16.6 Å². The Morgan fingerprint density at radius 2 is 1.73 bits per heavy atom. The number of furan rings is 1. The SMILES string of the molecule is O=C(CCc1ccccc1)N1N=C(c2ccco2)CC1c1ccccc1. The van der Waals surface area contributed by atoms with E-state index in [4.69, 9.17) is 4.42 Å². The zero-order valence-corrected chi connectivity index (χ0v) is 14.4. The van der Waals surface area contributed by atoms with E-state index in [0.29, 0.717) is 19.3 Å². The highest BCUT2D eigenvalue weighted by Gasteiger charge is 2.33. The number of carbonyl (C=O) groups excluding carboxylic acids is 1. The standard InChI is InChI=1S/C22H20N2O2/c25-22(14-13-17-8-3-1-4-9-17)24-20(18-10-5-2-6-11-18)16-19(23-24)21-12-7-15-26-21/h1-12,15,20H,13-14,16H2. The van der Waals surface area contributed by atoms with Gasteiger partial charge in [0.25, 0.3) is 0 Å². The molecule has 1 aliphatic heterocycles. The lowest BCUT2D eigenvalue weighted by Crippen LogP contribution is -2.27. The molecule has 0 spiro atoms. The number of nitrogens with zero attached hydrogens (tertiary/aromatic N) is 2. The van der Waals surface area contributed by atoms with Crippen molar-refractivity contribution in [3.05, 3.63) is 95.9 Å². The second-order valence-corrected chi connectivity index (χ2v) is 6.38. The molecule has 0 N–H and O–H groups in total. The molecule has 4 rings (SSSR count). The normalized spacial score (nSPS) is 16.5. The Labute approximate surface area is 152 Å². The summed E-state index contributed by atoms with van der Waals surface area (Å²) < 4.78 is 5.49. The van der Waals surface area contributed by atoms with Crippen LogP contribution >= 0.6 is 0 Å². The van der Waals surface area contributed by atoms with Gasteiger partial charge in [0.05, 0.1) is 12.3 Å². The lowest BCUT2D eigenvalue weighted by atomic mass is 10.0. The van der Waals surface area contributed by atoms with E-state index < -0.39 is 0 Å². The second-order valence-electron chi connectivity index (χ2n) is 6.38. The van der Waals surface area contributed by atoms with Crippen molar-refractivity contribution < 1.29 is 9.21 Å². The summed E-state index contributed by atoms with van der Waals surface area (Å²) in [4.78, 5) is 12.9. The maximum absolute atomic E-state index is 12.9. The third kappa shape index (κ3) is 3.45. The van der Waals surface area contributed by atoms with Gasteiger partial charge in [-0.05, 0) is 29.7 Å². The molecule has 0 saturated heterocycles. The summed E-state index contributed by atoms with van der Waals surface area (Å²) in [5.41, 5.74) is 3.06. The van der Waals surface area contributed by atoms with E-state index in [2.05, 4.69) is 5.10 Å². The Morgan fingerprint density at radius 3 is 2.42 bits per heavy atom. The molecule has 0 radical (unpaired) electrons. The molecule has 0 saturated carbocycles. The largest absolute Gasteiger partial charge is 0.463 e. The van der Waals surface area contributed by atoms with E-state index in [0.717, 1.165) is 22.6 Å². The molecule has 2 aromatic carbocycles. The van der Waals surface area contributed by atoms with Gasteiger partial charge >= 0.3 is 0 Å². The predicted octanol–water partition coefficient (Wildman–Crippen LogP) is 4.59. The van der Waals surface area contributed by atoms with Crippen molar-refractivity contribution in [3.63, 3.8) is 0 Å². The van der Waals surface area contributed by atoms with E-state index in [1.165, 1.54) is 0 Å². The van der Waals surface area contributed by atoms with Gasteiger partial charge in [0.1, 0.15) is 11.5 Å². The van der Waals surface area contributed by atoms with Gasteiger partial charge < -0.3 is 4.42 Å². The average molecular weight is 344 g/mol. The molecule has 1 aliphatic rings. The molecular weight excluding hydrogens is 324 g/mol. The molecule has 4 heteroatoms. The number of hydrogen-bond donors (Lipinski definition) is 0. The van der Waals surface area contributed by atoms with Crippen LogP contribution < -0.4 is 0 Å². The van der Waals surface area contributed by atoms with Crippen molar-refractivity contribution in [2.75, 3.05) is 0 Å². The van der Waals surface area contributed by atoms with E-state index in [1.807, 2.05) is 72.8 Å². The van der Waals surface area contributed by atoms with Gasteiger partial charge in [-0.15, -0.1) is 0 Å². The quantitative estimate of drug-likeness (QED) is 0.679. The topological polar surface area (TPSA) is 45.8 Å². The van der Waals surface area contributed by atoms with Gasteiger partial charge in [-0.2, -0.15) is 5.10 Å². The summed E-state index contributed by atoms with van der Waals surface area (Å²) in [7, 11) is 0. The highest BCUT2D eigenvalue weighted by atomic mass is 16.3. The summed E-state index contributed by atoms with van der Waals surface area (Å²) in [6.07, 6.45) is 3.44. The summed E-state index contributed by atoms with van der Waals surface area (Å²) in [5, 5.41) is 6.24. The van der Waals surface area contributed by atoms with Gasteiger partial charge in [-0.3, -0.25) is 4.79 Å². The smallest absolute Gasteiger partial charge is 0.243 e. The first kappa shape index (κ1) is 16.3. The molecule has 0 aliphatic carbocycles. The van der Waals surface area contributed by atoms with Crippen molar-refractivity contribution in [3.8, 4) is 0 Å². The molecule has 1 amide bonds. The van der Waals surface area contributed by atoms with Crippen LogP contribution in [0.25, 0.3) is 0 Å². The van der Waals surface area contributed by atoms with Crippen molar-refractivity contribution in [2.45, 2.75) is 25.3 Å². The Kier molecular flexibility index (Phi) is 4.65. The van der Waals surface area contributed by atoms with Gasteiger partial charge in [0.15, 0.2) is 0 Å². The first-order chi connectivity index (χ1) is 12.8. The summed E-state index contributed by atoms with van der Waals surface area (Å²) in [6.45, 7) is 0. The van der Waals surface area contributed by atoms with E-state index in [-0.39, 0.29) is 11.9 Å². The minimum atomic E-state index is -0.0837. The van der Waals surface area contributed by atoms with Crippen LogP contribution in [0.1, 0.15) is 35.8 Å². The Hall–Kier alpha value is -3.14. The van der Waals surface area contributed by atoms with Gasteiger partial charge in [-0.1, -0.05) is 60.7 Å². The molecule has 3 aromatic rings. The van der Waals surface area contributed by atoms with Crippen molar-refractivity contribution in [1.82, 2.24) is 5.01 Å². The Morgan fingerprint density at radius 1 is 1.00 bits per heavy atom. The molecule has 1 aromatic heterocycles. The molecule has 1 unspecified atom stereocenters. The average Bonchev–Trinajstić information content (AvgIpc) is 3.37. The van der Waals surface area contributed by atoms with Crippen molar-refractivity contribution >= 4 is 11.6 Å². The molecule has 26 heavy (non-hydrogen) atoms. The summed E-state index contributed by atoms with van der Waals surface area (Å²) in [5.74, 6) is 0.758. The first-order valence-electron chi connectivity index (χ1n) is 8.83. The fourth-order valence-electron chi connectivity index (χ4n) is 3.28. The van der Waals surface area contributed by atoms with E-state index in [1.54, 1.807) is 11.3 Å². The van der Waals surface area contributed by atoms with E-state index >= 15 is 0 Å².